The van der Waals surface area contributed by atoms with Gasteiger partial charge in [-0.05, 0) is 22.9 Å². The van der Waals surface area contributed by atoms with Crippen LogP contribution in [-0.2, 0) is 0 Å². The molecule has 0 bridgehead atoms. The summed E-state index contributed by atoms with van der Waals surface area (Å²) in [4.78, 5) is 0. The highest BCUT2D eigenvalue weighted by molar-refractivity contribution is 5.89. The average molecular weight is 338 g/mol. The van der Waals surface area contributed by atoms with Crippen molar-refractivity contribution >= 4 is 21.5 Å². The number of fused-ring (bicyclic) bond motifs is 2. The summed E-state index contributed by atoms with van der Waals surface area (Å²) in [5.74, 6) is 0.859. The fourth-order valence-corrected chi connectivity index (χ4v) is 3.40. The lowest BCUT2D eigenvalue weighted by Crippen LogP contribution is -2.26. The Bertz CT molecular complexity index is 1050. The molecule has 0 unspecified atom stereocenters. The zero-order chi connectivity index (χ0) is 17.6. The van der Waals surface area contributed by atoms with Gasteiger partial charge in [-0.1, -0.05) is 79.4 Å². The van der Waals surface area contributed by atoms with Gasteiger partial charge in [-0.15, -0.1) is 0 Å². The highest BCUT2D eigenvalue weighted by atomic mass is 16.7. The molecular weight excluding hydrogens is 320 g/mol. The third-order valence-corrected chi connectivity index (χ3v) is 4.91. The van der Waals surface area contributed by atoms with Crippen molar-refractivity contribution in [3.63, 3.8) is 0 Å². The molecule has 2 heteroatoms. The molecule has 0 aliphatic heterocycles. The number of benzene rings is 4. The minimum atomic E-state index is -0.783. The molecule has 126 valence electrons. The second kappa shape index (κ2) is 5.63. The van der Waals surface area contributed by atoms with Crippen molar-refractivity contribution in [1.29, 1.82) is 0 Å². The number of rotatable bonds is 4. The molecule has 1 saturated carbocycles. The van der Waals surface area contributed by atoms with Gasteiger partial charge in [-0.2, -0.15) is 0 Å². The fourth-order valence-electron chi connectivity index (χ4n) is 3.40. The van der Waals surface area contributed by atoms with Gasteiger partial charge in [0.05, 0.1) is 6.42 Å². The van der Waals surface area contributed by atoms with Crippen LogP contribution in [0.5, 0.6) is 11.5 Å². The van der Waals surface area contributed by atoms with Crippen molar-refractivity contribution in [1.82, 2.24) is 0 Å². The van der Waals surface area contributed by atoms with Crippen LogP contribution < -0.4 is 9.47 Å². The van der Waals surface area contributed by atoms with Crippen molar-refractivity contribution in [2.24, 2.45) is 0 Å². The summed E-state index contributed by atoms with van der Waals surface area (Å²) in [5.41, 5.74) is 0.957. The van der Waals surface area contributed by atoms with Gasteiger partial charge in [0.2, 0.25) is 0 Å². The predicted molar refractivity (Wildman–Crippen MR) is 106 cm³/mol. The van der Waals surface area contributed by atoms with E-state index in [2.05, 4.69) is 43.0 Å². The highest BCUT2D eigenvalue weighted by Crippen LogP contribution is 2.48. The Morgan fingerprint density at radius 3 is 1.50 bits per heavy atom. The molecule has 5 rings (SSSR count). The van der Waals surface area contributed by atoms with Crippen molar-refractivity contribution < 1.29 is 9.47 Å². The van der Waals surface area contributed by atoms with Crippen LogP contribution in [0.15, 0.2) is 97.1 Å². The largest absolute Gasteiger partial charge is 0.448 e. The quantitative estimate of drug-likeness (QED) is 0.330. The van der Waals surface area contributed by atoms with E-state index in [0.717, 1.165) is 38.6 Å². The zero-order valence-corrected chi connectivity index (χ0v) is 14.3. The molecule has 26 heavy (non-hydrogen) atoms. The van der Waals surface area contributed by atoms with Gasteiger partial charge < -0.3 is 9.47 Å². The molecule has 0 aromatic heterocycles. The third-order valence-electron chi connectivity index (χ3n) is 4.91. The Hall–Kier alpha value is -3.26. The highest BCUT2D eigenvalue weighted by Gasteiger charge is 2.54. The summed E-state index contributed by atoms with van der Waals surface area (Å²) in [6.07, 6.45) is 0.694. The summed E-state index contributed by atoms with van der Waals surface area (Å²) in [6, 6.07) is 28.6. The van der Waals surface area contributed by atoms with Gasteiger partial charge in [-0.25, -0.2) is 0 Å². The Morgan fingerprint density at radius 2 is 1.04 bits per heavy atom. The maximum absolute atomic E-state index is 6.37. The summed E-state index contributed by atoms with van der Waals surface area (Å²) in [5, 5.41) is 4.46. The first-order chi connectivity index (χ1) is 12.8. The average Bonchev–Trinajstić information content (AvgIpc) is 3.30. The molecule has 0 atom stereocenters. The van der Waals surface area contributed by atoms with Gasteiger partial charge in [-0.3, -0.25) is 0 Å². The first-order valence-corrected chi connectivity index (χ1v) is 8.77. The van der Waals surface area contributed by atoms with Crippen molar-refractivity contribution in [3.8, 4) is 11.5 Å². The van der Waals surface area contributed by atoms with Crippen molar-refractivity contribution in [3.05, 3.63) is 97.1 Å². The van der Waals surface area contributed by atoms with E-state index in [1.807, 2.05) is 48.5 Å². The molecular formula is C24H18O2. The first-order valence-electron chi connectivity index (χ1n) is 8.77. The number of ether oxygens (including phenoxy) is 2. The molecule has 1 aliphatic rings. The smallest absolute Gasteiger partial charge is 0.278 e. The third kappa shape index (κ3) is 2.42. The van der Waals surface area contributed by atoms with Gasteiger partial charge in [0, 0.05) is 16.3 Å². The molecule has 2 nitrogen and oxygen atoms in total. The Kier molecular flexibility index (Phi) is 3.26. The normalized spacial score (nSPS) is 15.2. The molecule has 0 radical (unpaired) electrons. The lowest BCUT2D eigenvalue weighted by atomic mass is 10.1. The van der Waals surface area contributed by atoms with E-state index in [9.17, 15) is 0 Å². The van der Waals surface area contributed by atoms with Crippen LogP contribution in [0.1, 0.15) is 6.42 Å². The van der Waals surface area contributed by atoms with E-state index >= 15 is 0 Å². The predicted octanol–water partition coefficient (Wildman–Crippen LogP) is 6.11. The fraction of sp³-hybridized carbons (Fsp3) is 0.0833. The minimum absolute atomic E-state index is 0.694. The number of hydrogen-bond donors (Lipinski definition) is 0. The number of hydrogen-bond acceptors (Lipinski definition) is 2. The molecule has 0 amide bonds. The molecule has 1 aliphatic carbocycles. The van der Waals surface area contributed by atoms with E-state index in [0.29, 0.717) is 6.42 Å². The monoisotopic (exact) mass is 338 g/mol. The van der Waals surface area contributed by atoms with E-state index in [1.54, 1.807) is 0 Å². The van der Waals surface area contributed by atoms with E-state index in [4.69, 9.17) is 9.47 Å². The zero-order valence-electron chi connectivity index (χ0n) is 14.3. The van der Waals surface area contributed by atoms with Crippen molar-refractivity contribution in [2.75, 3.05) is 0 Å². The summed E-state index contributed by atoms with van der Waals surface area (Å²) < 4.78 is 12.7. The van der Waals surface area contributed by atoms with E-state index < -0.39 is 5.79 Å². The molecule has 0 saturated heterocycles. The topological polar surface area (TPSA) is 18.5 Å². The molecule has 0 spiro atoms. The Balaban J connectivity index is 1.53. The van der Waals surface area contributed by atoms with Crippen LogP contribution in [0.25, 0.3) is 21.5 Å². The Morgan fingerprint density at radius 1 is 0.615 bits per heavy atom. The van der Waals surface area contributed by atoms with E-state index in [-0.39, 0.29) is 0 Å². The maximum atomic E-state index is 6.37. The van der Waals surface area contributed by atoms with Crippen LogP contribution in [0.2, 0.25) is 0 Å². The standard InChI is InChI=1S/C24H18O2/c1-17-16-24(17,25-22-14-6-10-18-8-2-4-12-20(18)22)26-23-15-7-11-19-9-3-5-13-21(19)23/h2-15H,1,16H2. The Labute approximate surface area is 152 Å². The maximum Gasteiger partial charge on any atom is 0.278 e. The van der Waals surface area contributed by atoms with Gasteiger partial charge >= 0.3 is 0 Å². The molecule has 0 N–H and O–H groups in total. The van der Waals surface area contributed by atoms with Crippen LogP contribution in [0.4, 0.5) is 0 Å². The van der Waals surface area contributed by atoms with Crippen LogP contribution in [0, 0.1) is 0 Å². The van der Waals surface area contributed by atoms with Gasteiger partial charge in [0.15, 0.2) is 0 Å². The summed E-state index contributed by atoms with van der Waals surface area (Å²) in [6.45, 7) is 4.12. The second-order valence-corrected chi connectivity index (χ2v) is 6.69. The van der Waals surface area contributed by atoms with Crippen LogP contribution in [-0.4, -0.2) is 5.79 Å². The minimum Gasteiger partial charge on any atom is -0.448 e. The molecule has 0 heterocycles. The summed E-state index contributed by atoms with van der Waals surface area (Å²) in [7, 11) is 0. The lowest BCUT2D eigenvalue weighted by molar-refractivity contribution is -0.00582. The second-order valence-electron chi connectivity index (χ2n) is 6.69. The van der Waals surface area contributed by atoms with Crippen LogP contribution >= 0.6 is 0 Å². The van der Waals surface area contributed by atoms with Gasteiger partial charge in [0.1, 0.15) is 11.5 Å². The first kappa shape index (κ1) is 15.0. The lowest BCUT2D eigenvalue weighted by Gasteiger charge is -2.21. The summed E-state index contributed by atoms with van der Waals surface area (Å²) >= 11 is 0. The van der Waals surface area contributed by atoms with Crippen LogP contribution in [0.3, 0.4) is 0 Å². The molecule has 4 aromatic carbocycles. The molecule has 4 aromatic rings. The van der Waals surface area contributed by atoms with Crippen molar-refractivity contribution in [2.45, 2.75) is 12.2 Å². The van der Waals surface area contributed by atoms with E-state index in [1.165, 1.54) is 0 Å². The molecule has 1 fully saturated rings. The SMILES string of the molecule is C=C1CC1(Oc1cccc2ccccc12)Oc1cccc2ccccc12. The van der Waals surface area contributed by atoms with Gasteiger partial charge in [0.25, 0.3) is 5.79 Å².